The SMILES string of the molecule is CC1=CC(C)(C)N(C)c2ccc3c(-c4ccc(-c5ccccc5)cc4)c4ccc(=N)cc-4n(C)c3c21. The number of nitrogens with one attached hydrogen (secondary N) is 1. The number of hydrogen-bond acceptors (Lipinski definition) is 2. The van der Waals surface area contributed by atoms with E-state index in [0.29, 0.717) is 5.36 Å². The van der Waals surface area contributed by atoms with Crippen molar-refractivity contribution in [3.8, 4) is 33.5 Å². The lowest BCUT2D eigenvalue weighted by Gasteiger charge is -2.41. The van der Waals surface area contributed by atoms with E-state index in [1.165, 1.54) is 55.5 Å². The number of aromatic nitrogens is 1. The molecule has 2 aliphatic heterocycles. The van der Waals surface area contributed by atoms with Crippen molar-refractivity contribution in [1.29, 1.82) is 5.41 Å². The Morgan fingerprint density at radius 2 is 1.39 bits per heavy atom. The molecule has 3 aromatic carbocycles. The number of allylic oxidation sites excluding steroid dienone is 1. The van der Waals surface area contributed by atoms with Crippen LogP contribution in [0, 0.1) is 5.41 Å². The molecule has 0 bridgehead atoms. The van der Waals surface area contributed by atoms with Crippen LogP contribution in [0.5, 0.6) is 0 Å². The van der Waals surface area contributed by atoms with Gasteiger partial charge in [0.15, 0.2) is 0 Å². The Morgan fingerprint density at radius 1 is 0.722 bits per heavy atom. The number of fused-ring (bicyclic) bond motifs is 4. The van der Waals surface area contributed by atoms with Gasteiger partial charge in [-0.3, -0.25) is 0 Å². The van der Waals surface area contributed by atoms with E-state index >= 15 is 0 Å². The first kappa shape index (κ1) is 22.4. The van der Waals surface area contributed by atoms with Crippen LogP contribution in [-0.2, 0) is 7.05 Å². The van der Waals surface area contributed by atoms with Crippen LogP contribution >= 0.6 is 0 Å². The quantitative estimate of drug-likeness (QED) is 0.264. The molecule has 0 fully saturated rings. The molecule has 3 nitrogen and oxygen atoms in total. The second kappa shape index (κ2) is 7.96. The zero-order chi connectivity index (χ0) is 25.2. The highest BCUT2D eigenvalue weighted by Gasteiger charge is 2.31. The first-order chi connectivity index (χ1) is 17.3. The third kappa shape index (κ3) is 3.30. The summed E-state index contributed by atoms with van der Waals surface area (Å²) in [5.41, 5.74) is 12.1. The molecule has 6 rings (SSSR count). The maximum Gasteiger partial charge on any atom is 0.0585 e. The Balaban J connectivity index is 1.69. The molecule has 36 heavy (non-hydrogen) atoms. The maximum absolute atomic E-state index is 8.36. The minimum atomic E-state index is -0.0510. The molecule has 2 heterocycles. The third-order valence-electron chi connectivity index (χ3n) is 7.86. The summed E-state index contributed by atoms with van der Waals surface area (Å²) >= 11 is 0. The van der Waals surface area contributed by atoms with Crippen LogP contribution in [0.4, 0.5) is 5.69 Å². The van der Waals surface area contributed by atoms with Crippen LogP contribution in [0.2, 0.25) is 0 Å². The molecule has 0 saturated heterocycles. The van der Waals surface area contributed by atoms with Gasteiger partial charge in [0.1, 0.15) is 0 Å². The summed E-state index contributed by atoms with van der Waals surface area (Å²) in [5, 5.41) is 10.1. The van der Waals surface area contributed by atoms with Crippen LogP contribution in [0.15, 0.2) is 91.0 Å². The molecule has 0 radical (unpaired) electrons. The van der Waals surface area contributed by atoms with E-state index in [9.17, 15) is 0 Å². The number of aryl methyl sites for hydroxylation is 1. The van der Waals surface area contributed by atoms with Crippen LogP contribution in [0.1, 0.15) is 26.3 Å². The Kier molecular flexibility index (Phi) is 4.94. The largest absolute Gasteiger partial charge is 0.365 e. The zero-order valence-electron chi connectivity index (χ0n) is 21.6. The highest BCUT2D eigenvalue weighted by Crippen LogP contribution is 2.47. The topological polar surface area (TPSA) is 32.0 Å². The fourth-order valence-electron chi connectivity index (χ4n) is 5.87. The Hall–Kier alpha value is -4.11. The molecule has 0 aromatic heterocycles. The first-order valence-electron chi connectivity index (χ1n) is 12.5. The molecule has 1 N–H and O–H groups in total. The number of rotatable bonds is 2. The van der Waals surface area contributed by atoms with Gasteiger partial charge in [-0.25, -0.2) is 0 Å². The van der Waals surface area contributed by atoms with Crippen molar-refractivity contribution in [2.75, 3.05) is 11.9 Å². The van der Waals surface area contributed by atoms with Gasteiger partial charge in [0.25, 0.3) is 0 Å². The standard InChI is InChI=1S/C33H31N3/c1-21-20-33(2,3)36(5)28-18-17-27-31(24-13-11-23(12-14-24)22-9-7-6-8-10-22)26-16-15-25(34)19-29(26)35(4)32(27)30(21)28/h6-20,34H,1-5H3. The fraction of sp³-hybridized carbons (Fsp3) is 0.182. The fourth-order valence-corrected chi connectivity index (χ4v) is 5.87. The zero-order valence-corrected chi connectivity index (χ0v) is 21.6. The number of hydrogen-bond donors (Lipinski definition) is 1. The van der Waals surface area contributed by atoms with Gasteiger partial charge in [0.05, 0.1) is 22.1 Å². The molecule has 0 saturated carbocycles. The highest BCUT2D eigenvalue weighted by atomic mass is 15.2. The van der Waals surface area contributed by atoms with Crippen molar-refractivity contribution in [2.45, 2.75) is 26.3 Å². The van der Waals surface area contributed by atoms with Crippen molar-refractivity contribution in [3.05, 3.63) is 102 Å². The first-order valence-corrected chi connectivity index (χ1v) is 12.5. The molecule has 0 amide bonds. The van der Waals surface area contributed by atoms with Crippen molar-refractivity contribution in [3.63, 3.8) is 0 Å². The van der Waals surface area contributed by atoms with Gasteiger partial charge >= 0.3 is 0 Å². The summed E-state index contributed by atoms with van der Waals surface area (Å²) in [7, 11) is 4.32. The molecule has 3 heteroatoms. The van der Waals surface area contributed by atoms with Crippen molar-refractivity contribution in [1.82, 2.24) is 4.57 Å². The molecule has 3 aliphatic rings. The minimum absolute atomic E-state index is 0.0510. The molecular weight excluding hydrogens is 438 g/mol. The van der Waals surface area contributed by atoms with Gasteiger partial charge in [0, 0.05) is 41.9 Å². The second-order valence-corrected chi connectivity index (χ2v) is 10.5. The molecule has 0 unspecified atom stereocenters. The van der Waals surface area contributed by atoms with Gasteiger partial charge in [0.2, 0.25) is 0 Å². The van der Waals surface area contributed by atoms with Gasteiger partial charge in [-0.05, 0) is 61.2 Å². The Bertz CT molecular complexity index is 1690. The van der Waals surface area contributed by atoms with Gasteiger partial charge in [-0.15, -0.1) is 0 Å². The highest BCUT2D eigenvalue weighted by molar-refractivity contribution is 6.10. The van der Waals surface area contributed by atoms with Gasteiger partial charge in [-0.1, -0.05) is 72.8 Å². The molecular formula is C33H31N3. The van der Waals surface area contributed by atoms with Crippen LogP contribution in [-0.4, -0.2) is 17.2 Å². The van der Waals surface area contributed by atoms with Gasteiger partial charge < -0.3 is 14.9 Å². The van der Waals surface area contributed by atoms with Crippen molar-refractivity contribution < 1.29 is 0 Å². The number of likely N-dealkylation sites (N-methyl/N-ethyl adjacent to an activating group) is 1. The van der Waals surface area contributed by atoms with E-state index in [1.54, 1.807) is 0 Å². The average Bonchev–Trinajstić information content (AvgIpc) is 2.88. The lowest BCUT2D eigenvalue weighted by atomic mass is 9.85. The smallest absolute Gasteiger partial charge is 0.0585 e. The van der Waals surface area contributed by atoms with E-state index in [0.717, 1.165) is 5.69 Å². The van der Waals surface area contributed by atoms with E-state index in [2.05, 4.69) is 123 Å². The number of anilines is 1. The summed E-state index contributed by atoms with van der Waals surface area (Å²) in [6, 6.07) is 30.0. The van der Waals surface area contributed by atoms with Crippen molar-refractivity contribution in [2.24, 2.45) is 7.05 Å². The number of pyridine rings is 1. The predicted octanol–water partition coefficient (Wildman–Crippen LogP) is 7.73. The molecule has 1 aliphatic carbocycles. The molecule has 0 spiro atoms. The number of benzene rings is 4. The van der Waals surface area contributed by atoms with Crippen LogP contribution < -0.4 is 10.3 Å². The lowest BCUT2D eigenvalue weighted by Crippen LogP contribution is -2.42. The summed E-state index contributed by atoms with van der Waals surface area (Å²) in [6.45, 7) is 6.75. The second-order valence-electron chi connectivity index (χ2n) is 10.5. The Labute approximate surface area is 212 Å². The average molecular weight is 470 g/mol. The predicted molar refractivity (Wildman–Crippen MR) is 152 cm³/mol. The maximum atomic E-state index is 8.36. The molecule has 3 aromatic rings. The van der Waals surface area contributed by atoms with E-state index in [4.69, 9.17) is 5.41 Å². The van der Waals surface area contributed by atoms with Crippen LogP contribution in [0.25, 0.3) is 50.0 Å². The van der Waals surface area contributed by atoms with Gasteiger partial charge in [-0.2, -0.15) is 0 Å². The molecule has 0 atom stereocenters. The van der Waals surface area contributed by atoms with Crippen molar-refractivity contribution >= 4 is 22.2 Å². The summed E-state index contributed by atoms with van der Waals surface area (Å²) in [4.78, 5) is 2.37. The third-order valence-corrected chi connectivity index (χ3v) is 7.86. The molecule has 178 valence electrons. The van der Waals surface area contributed by atoms with E-state index in [1.807, 2.05) is 12.1 Å². The summed E-state index contributed by atoms with van der Waals surface area (Å²) < 4.78 is 2.28. The Morgan fingerprint density at radius 3 is 2.11 bits per heavy atom. The normalized spacial score (nSPS) is 14.7. The van der Waals surface area contributed by atoms with E-state index in [-0.39, 0.29) is 5.54 Å². The minimum Gasteiger partial charge on any atom is -0.365 e. The lowest BCUT2D eigenvalue weighted by molar-refractivity contribution is 0.598. The van der Waals surface area contributed by atoms with Crippen LogP contribution in [0.3, 0.4) is 0 Å². The summed E-state index contributed by atoms with van der Waals surface area (Å²) in [6.07, 6.45) is 2.37. The summed E-state index contributed by atoms with van der Waals surface area (Å²) in [5.74, 6) is 0. The monoisotopic (exact) mass is 469 g/mol. The number of nitrogens with zero attached hydrogens (tertiary/aromatic N) is 2. The van der Waals surface area contributed by atoms with E-state index < -0.39 is 0 Å².